The van der Waals surface area contributed by atoms with Crippen LogP contribution in [0.15, 0.2) is 0 Å². The number of amides is 1. The standard InChI is InChI=1S/C12H22N2O3S/c15-12(3-2-11-4-5-13-10-11)14-6-1-8-18(16,17)9-7-14/h11,13H,1-10H2. The van der Waals surface area contributed by atoms with Crippen LogP contribution in [0.3, 0.4) is 0 Å². The van der Waals surface area contributed by atoms with Gasteiger partial charge >= 0.3 is 0 Å². The first-order chi connectivity index (χ1) is 8.57. The third kappa shape index (κ3) is 3.95. The molecule has 0 bridgehead atoms. The van der Waals surface area contributed by atoms with E-state index in [-0.39, 0.29) is 17.4 Å². The van der Waals surface area contributed by atoms with Crippen molar-refractivity contribution < 1.29 is 13.2 Å². The Balaban J connectivity index is 1.77. The molecule has 2 heterocycles. The average Bonchev–Trinajstić information content (AvgIpc) is 2.77. The van der Waals surface area contributed by atoms with Gasteiger partial charge in [0, 0.05) is 19.5 Å². The number of carbonyl (C=O) groups is 1. The molecule has 2 aliphatic rings. The molecule has 18 heavy (non-hydrogen) atoms. The maximum Gasteiger partial charge on any atom is 0.222 e. The third-order valence-corrected chi connectivity index (χ3v) is 5.55. The van der Waals surface area contributed by atoms with Crippen LogP contribution in [0.5, 0.6) is 0 Å². The maximum absolute atomic E-state index is 12.0. The van der Waals surface area contributed by atoms with E-state index in [1.165, 1.54) is 0 Å². The SMILES string of the molecule is O=C(CCC1CCNC1)N1CCCS(=O)(=O)CC1. The summed E-state index contributed by atoms with van der Waals surface area (Å²) in [6.45, 7) is 3.05. The highest BCUT2D eigenvalue weighted by Crippen LogP contribution is 2.16. The molecule has 0 aromatic carbocycles. The summed E-state index contributed by atoms with van der Waals surface area (Å²) in [4.78, 5) is 13.8. The van der Waals surface area contributed by atoms with Gasteiger partial charge in [-0.2, -0.15) is 0 Å². The van der Waals surface area contributed by atoms with Crippen LogP contribution >= 0.6 is 0 Å². The van der Waals surface area contributed by atoms with E-state index in [1.54, 1.807) is 4.90 Å². The van der Waals surface area contributed by atoms with Crippen molar-refractivity contribution in [1.82, 2.24) is 10.2 Å². The summed E-state index contributed by atoms with van der Waals surface area (Å²) in [5, 5.41) is 3.29. The molecule has 2 rings (SSSR count). The van der Waals surface area contributed by atoms with Gasteiger partial charge in [0.2, 0.25) is 5.91 Å². The second kappa shape index (κ2) is 6.02. The Morgan fingerprint density at radius 2 is 2.11 bits per heavy atom. The van der Waals surface area contributed by atoms with Crippen LogP contribution in [0.25, 0.3) is 0 Å². The van der Waals surface area contributed by atoms with Crippen LogP contribution < -0.4 is 5.32 Å². The van der Waals surface area contributed by atoms with Gasteiger partial charge in [0.25, 0.3) is 0 Å². The van der Waals surface area contributed by atoms with Gasteiger partial charge in [0.15, 0.2) is 9.84 Å². The van der Waals surface area contributed by atoms with Gasteiger partial charge in [-0.05, 0) is 38.3 Å². The predicted molar refractivity (Wildman–Crippen MR) is 70.1 cm³/mol. The summed E-state index contributed by atoms with van der Waals surface area (Å²) in [6, 6.07) is 0. The van der Waals surface area contributed by atoms with Crippen LogP contribution in [-0.2, 0) is 14.6 Å². The number of sulfone groups is 1. The van der Waals surface area contributed by atoms with E-state index in [0.29, 0.717) is 31.8 Å². The molecule has 0 saturated carbocycles. The second-order valence-corrected chi connectivity index (χ2v) is 7.59. The molecule has 0 aromatic heterocycles. The summed E-state index contributed by atoms with van der Waals surface area (Å²) in [7, 11) is -2.92. The van der Waals surface area contributed by atoms with Gasteiger partial charge in [0.1, 0.15) is 0 Å². The van der Waals surface area contributed by atoms with Crippen LogP contribution in [0.2, 0.25) is 0 Å². The molecular weight excluding hydrogens is 252 g/mol. The highest BCUT2D eigenvalue weighted by Gasteiger charge is 2.23. The molecule has 104 valence electrons. The topological polar surface area (TPSA) is 66.5 Å². The third-order valence-electron chi connectivity index (χ3n) is 3.84. The van der Waals surface area contributed by atoms with E-state index in [4.69, 9.17) is 0 Å². The Morgan fingerprint density at radius 3 is 2.83 bits per heavy atom. The second-order valence-electron chi connectivity index (χ2n) is 5.28. The molecule has 1 amide bonds. The Hall–Kier alpha value is -0.620. The minimum absolute atomic E-state index is 0.124. The molecule has 6 heteroatoms. The van der Waals surface area contributed by atoms with E-state index in [9.17, 15) is 13.2 Å². The molecule has 0 radical (unpaired) electrons. The summed E-state index contributed by atoms with van der Waals surface area (Å²) >= 11 is 0. The van der Waals surface area contributed by atoms with Crippen molar-refractivity contribution in [3.8, 4) is 0 Å². The molecule has 0 spiro atoms. The lowest BCUT2D eigenvalue weighted by atomic mass is 10.0. The van der Waals surface area contributed by atoms with Crippen molar-refractivity contribution in [1.29, 1.82) is 0 Å². The first kappa shape index (κ1) is 13.8. The highest BCUT2D eigenvalue weighted by atomic mass is 32.2. The molecule has 2 aliphatic heterocycles. The quantitative estimate of drug-likeness (QED) is 0.788. The largest absolute Gasteiger partial charge is 0.342 e. The zero-order chi connectivity index (χ0) is 13.0. The lowest BCUT2D eigenvalue weighted by molar-refractivity contribution is -0.131. The van der Waals surface area contributed by atoms with E-state index >= 15 is 0 Å². The normalized spacial score (nSPS) is 28.0. The van der Waals surface area contributed by atoms with Crippen molar-refractivity contribution >= 4 is 15.7 Å². The van der Waals surface area contributed by atoms with Crippen LogP contribution in [0.1, 0.15) is 25.7 Å². The highest BCUT2D eigenvalue weighted by molar-refractivity contribution is 7.91. The van der Waals surface area contributed by atoms with Gasteiger partial charge in [-0.1, -0.05) is 0 Å². The molecule has 1 unspecified atom stereocenters. The fourth-order valence-corrected chi connectivity index (χ4v) is 3.91. The molecule has 0 aliphatic carbocycles. The first-order valence-corrected chi connectivity index (χ1v) is 8.58. The molecule has 1 atom stereocenters. The van der Waals surface area contributed by atoms with E-state index in [1.807, 2.05) is 0 Å². The Morgan fingerprint density at radius 1 is 1.28 bits per heavy atom. The summed E-state index contributed by atoms with van der Waals surface area (Å²) < 4.78 is 22.9. The number of hydrogen-bond donors (Lipinski definition) is 1. The van der Waals surface area contributed by atoms with Crippen LogP contribution in [0.4, 0.5) is 0 Å². The molecular formula is C12H22N2O3S. The summed E-state index contributed by atoms with van der Waals surface area (Å²) in [5.74, 6) is 1.09. The number of nitrogens with zero attached hydrogens (tertiary/aromatic N) is 1. The molecule has 1 N–H and O–H groups in total. The van der Waals surface area contributed by atoms with E-state index in [0.717, 1.165) is 25.9 Å². The number of rotatable bonds is 3. The molecule has 0 aromatic rings. The van der Waals surface area contributed by atoms with Crippen molar-refractivity contribution in [3.63, 3.8) is 0 Å². The first-order valence-electron chi connectivity index (χ1n) is 6.76. The fourth-order valence-electron chi connectivity index (χ4n) is 2.63. The Bertz CT molecular complexity index is 388. The summed E-state index contributed by atoms with van der Waals surface area (Å²) in [6.07, 6.45) is 3.22. The monoisotopic (exact) mass is 274 g/mol. The predicted octanol–water partition coefficient (Wildman–Crippen LogP) is 0.0232. The summed E-state index contributed by atoms with van der Waals surface area (Å²) in [5.41, 5.74) is 0. The van der Waals surface area contributed by atoms with Gasteiger partial charge in [-0.15, -0.1) is 0 Å². The Kier molecular flexibility index (Phi) is 4.61. The molecule has 2 saturated heterocycles. The van der Waals surface area contributed by atoms with E-state index in [2.05, 4.69) is 5.32 Å². The Labute approximate surface area is 109 Å². The lowest BCUT2D eigenvalue weighted by Gasteiger charge is -2.20. The van der Waals surface area contributed by atoms with Crippen molar-refractivity contribution in [2.24, 2.45) is 5.92 Å². The smallest absolute Gasteiger partial charge is 0.222 e. The minimum atomic E-state index is -2.92. The lowest BCUT2D eigenvalue weighted by Crippen LogP contribution is -2.33. The fraction of sp³-hybridized carbons (Fsp3) is 0.917. The van der Waals surface area contributed by atoms with Gasteiger partial charge < -0.3 is 10.2 Å². The van der Waals surface area contributed by atoms with Crippen molar-refractivity contribution in [2.75, 3.05) is 37.7 Å². The van der Waals surface area contributed by atoms with Gasteiger partial charge in [-0.3, -0.25) is 4.79 Å². The van der Waals surface area contributed by atoms with Gasteiger partial charge in [-0.25, -0.2) is 8.42 Å². The number of nitrogens with one attached hydrogen (secondary N) is 1. The number of carbonyl (C=O) groups excluding carboxylic acids is 1. The van der Waals surface area contributed by atoms with E-state index < -0.39 is 9.84 Å². The van der Waals surface area contributed by atoms with Crippen molar-refractivity contribution in [3.05, 3.63) is 0 Å². The van der Waals surface area contributed by atoms with Crippen LogP contribution in [0, 0.1) is 5.92 Å². The van der Waals surface area contributed by atoms with Crippen LogP contribution in [-0.4, -0.2) is 56.9 Å². The average molecular weight is 274 g/mol. The van der Waals surface area contributed by atoms with Gasteiger partial charge in [0.05, 0.1) is 11.5 Å². The number of hydrogen-bond acceptors (Lipinski definition) is 4. The zero-order valence-corrected chi connectivity index (χ0v) is 11.5. The maximum atomic E-state index is 12.0. The van der Waals surface area contributed by atoms with Crippen molar-refractivity contribution in [2.45, 2.75) is 25.7 Å². The zero-order valence-electron chi connectivity index (χ0n) is 10.7. The molecule has 5 nitrogen and oxygen atoms in total. The molecule has 2 fully saturated rings. The minimum Gasteiger partial charge on any atom is -0.342 e.